The predicted octanol–water partition coefficient (Wildman–Crippen LogP) is 2.36. The smallest absolute Gasteiger partial charge is 0.254 e. The van der Waals surface area contributed by atoms with Gasteiger partial charge in [-0.2, -0.15) is 0 Å². The van der Waals surface area contributed by atoms with Crippen molar-refractivity contribution in [3.63, 3.8) is 0 Å². The number of nitrogens with one attached hydrogen (secondary N) is 2. The number of anilines is 1. The Bertz CT molecular complexity index is 398. The highest BCUT2D eigenvalue weighted by Gasteiger charge is 2.16. The van der Waals surface area contributed by atoms with Gasteiger partial charge in [0.05, 0.1) is 5.56 Å². The van der Waals surface area contributed by atoms with Gasteiger partial charge in [0, 0.05) is 25.0 Å². The van der Waals surface area contributed by atoms with Gasteiger partial charge in [-0.15, -0.1) is 0 Å². The number of amides is 1. The number of aromatic nitrogens is 2. The van der Waals surface area contributed by atoms with Crippen molar-refractivity contribution in [1.29, 1.82) is 0 Å². The maximum atomic E-state index is 12.0. The molecule has 1 aliphatic carbocycles. The molecule has 104 valence electrons. The van der Waals surface area contributed by atoms with E-state index in [9.17, 15) is 4.79 Å². The fourth-order valence-corrected chi connectivity index (χ4v) is 2.29. The fourth-order valence-electron chi connectivity index (χ4n) is 2.29. The van der Waals surface area contributed by atoms with Gasteiger partial charge in [0.15, 0.2) is 0 Å². The van der Waals surface area contributed by atoms with E-state index in [0.29, 0.717) is 17.6 Å². The van der Waals surface area contributed by atoms with Crippen LogP contribution in [0, 0.1) is 0 Å². The van der Waals surface area contributed by atoms with Crippen LogP contribution in [-0.2, 0) is 0 Å². The minimum atomic E-state index is -0.0612. The fraction of sp³-hybridized carbons (Fsp3) is 0.643. The van der Waals surface area contributed by atoms with Crippen molar-refractivity contribution >= 4 is 11.9 Å². The van der Waals surface area contributed by atoms with Gasteiger partial charge >= 0.3 is 0 Å². The number of rotatable bonds is 5. The zero-order valence-corrected chi connectivity index (χ0v) is 11.5. The van der Waals surface area contributed by atoms with Crippen molar-refractivity contribution in [2.45, 2.75) is 51.5 Å². The molecule has 1 aromatic heterocycles. The van der Waals surface area contributed by atoms with Crippen molar-refractivity contribution in [3.05, 3.63) is 18.0 Å². The maximum absolute atomic E-state index is 12.0. The molecular formula is C14H22N4O. The van der Waals surface area contributed by atoms with Gasteiger partial charge < -0.3 is 10.6 Å². The first-order valence-electron chi connectivity index (χ1n) is 7.16. The van der Waals surface area contributed by atoms with E-state index in [2.05, 4.69) is 27.5 Å². The zero-order chi connectivity index (χ0) is 13.5. The second-order valence-electron chi connectivity index (χ2n) is 5.03. The maximum Gasteiger partial charge on any atom is 0.254 e. The van der Waals surface area contributed by atoms with Crippen LogP contribution >= 0.6 is 0 Å². The Kier molecular flexibility index (Phi) is 5.12. The third-order valence-electron chi connectivity index (χ3n) is 3.39. The van der Waals surface area contributed by atoms with Gasteiger partial charge in [0.2, 0.25) is 5.95 Å². The van der Waals surface area contributed by atoms with E-state index >= 15 is 0 Å². The average molecular weight is 262 g/mol. The summed E-state index contributed by atoms with van der Waals surface area (Å²) >= 11 is 0. The lowest BCUT2D eigenvalue weighted by Crippen LogP contribution is -2.36. The molecule has 1 amide bonds. The van der Waals surface area contributed by atoms with E-state index < -0.39 is 0 Å². The Morgan fingerprint density at radius 3 is 2.58 bits per heavy atom. The summed E-state index contributed by atoms with van der Waals surface area (Å²) in [4.78, 5) is 20.3. The number of carbonyl (C=O) groups is 1. The van der Waals surface area contributed by atoms with Crippen molar-refractivity contribution in [3.8, 4) is 0 Å². The molecule has 0 radical (unpaired) electrons. The highest BCUT2D eigenvalue weighted by Crippen LogP contribution is 2.17. The largest absolute Gasteiger partial charge is 0.354 e. The first-order valence-corrected chi connectivity index (χ1v) is 7.16. The molecular weight excluding hydrogens is 240 g/mol. The van der Waals surface area contributed by atoms with E-state index in [4.69, 9.17) is 0 Å². The molecule has 1 aliphatic rings. The standard InChI is InChI=1S/C14H22N4O/c1-2-8-15-14-16-9-11(10-17-14)13(19)18-12-6-4-3-5-7-12/h9-10,12H,2-8H2,1H3,(H,18,19)(H,15,16,17). The molecule has 0 aromatic carbocycles. The lowest BCUT2D eigenvalue weighted by atomic mass is 9.95. The van der Waals surface area contributed by atoms with Crippen molar-refractivity contribution in [2.24, 2.45) is 0 Å². The third kappa shape index (κ3) is 4.19. The van der Waals surface area contributed by atoms with Crippen LogP contribution in [0.3, 0.4) is 0 Å². The Morgan fingerprint density at radius 1 is 1.26 bits per heavy atom. The van der Waals surface area contributed by atoms with Gasteiger partial charge in [-0.1, -0.05) is 26.2 Å². The molecule has 1 saturated carbocycles. The molecule has 0 bridgehead atoms. The monoisotopic (exact) mass is 262 g/mol. The quantitative estimate of drug-likeness (QED) is 0.855. The summed E-state index contributed by atoms with van der Waals surface area (Å²) in [7, 11) is 0. The molecule has 2 rings (SSSR count). The first-order chi connectivity index (χ1) is 9.29. The topological polar surface area (TPSA) is 66.9 Å². The van der Waals surface area contributed by atoms with Gasteiger partial charge in [-0.3, -0.25) is 4.79 Å². The first kappa shape index (κ1) is 13.8. The van der Waals surface area contributed by atoms with Gasteiger partial charge in [-0.05, 0) is 19.3 Å². The van der Waals surface area contributed by atoms with Gasteiger partial charge in [0.25, 0.3) is 5.91 Å². The Hall–Kier alpha value is -1.65. The summed E-state index contributed by atoms with van der Waals surface area (Å²) in [5.74, 6) is 0.519. The summed E-state index contributed by atoms with van der Waals surface area (Å²) in [5, 5.41) is 6.15. The predicted molar refractivity (Wildman–Crippen MR) is 75.2 cm³/mol. The van der Waals surface area contributed by atoms with Crippen molar-refractivity contribution in [1.82, 2.24) is 15.3 Å². The highest BCUT2D eigenvalue weighted by molar-refractivity contribution is 5.93. The molecule has 5 nitrogen and oxygen atoms in total. The molecule has 0 spiro atoms. The van der Waals surface area contributed by atoms with Crippen LogP contribution in [0.25, 0.3) is 0 Å². The molecule has 0 atom stereocenters. The van der Waals surface area contributed by atoms with Gasteiger partial charge in [0.1, 0.15) is 0 Å². The molecule has 0 aliphatic heterocycles. The van der Waals surface area contributed by atoms with Crippen LogP contribution < -0.4 is 10.6 Å². The van der Waals surface area contributed by atoms with Crippen LogP contribution in [0.5, 0.6) is 0 Å². The van der Waals surface area contributed by atoms with Crippen LogP contribution in [0.15, 0.2) is 12.4 Å². The van der Waals surface area contributed by atoms with E-state index in [0.717, 1.165) is 25.8 Å². The second-order valence-corrected chi connectivity index (χ2v) is 5.03. The molecule has 1 heterocycles. The van der Waals surface area contributed by atoms with E-state index in [1.54, 1.807) is 12.4 Å². The van der Waals surface area contributed by atoms with E-state index in [1.165, 1.54) is 19.3 Å². The molecule has 0 saturated heterocycles. The Labute approximate surface area is 114 Å². The summed E-state index contributed by atoms with van der Waals surface area (Å²) in [5.41, 5.74) is 0.535. The lowest BCUT2D eigenvalue weighted by Gasteiger charge is -2.22. The number of hydrogen-bond acceptors (Lipinski definition) is 4. The van der Waals surface area contributed by atoms with Crippen LogP contribution in [-0.4, -0.2) is 28.5 Å². The average Bonchev–Trinajstić information content (AvgIpc) is 2.46. The summed E-state index contributed by atoms with van der Waals surface area (Å²) < 4.78 is 0. The third-order valence-corrected chi connectivity index (χ3v) is 3.39. The minimum Gasteiger partial charge on any atom is -0.354 e. The summed E-state index contributed by atoms with van der Waals surface area (Å²) in [6.45, 7) is 2.92. The molecule has 0 unspecified atom stereocenters. The zero-order valence-electron chi connectivity index (χ0n) is 11.5. The van der Waals surface area contributed by atoms with Crippen molar-refractivity contribution < 1.29 is 4.79 Å². The van der Waals surface area contributed by atoms with Crippen LogP contribution in [0.2, 0.25) is 0 Å². The minimum absolute atomic E-state index is 0.0612. The SMILES string of the molecule is CCCNc1ncc(C(=O)NC2CCCCC2)cn1. The number of nitrogens with zero attached hydrogens (tertiary/aromatic N) is 2. The highest BCUT2D eigenvalue weighted by atomic mass is 16.1. The van der Waals surface area contributed by atoms with E-state index in [-0.39, 0.29) is 5.91 Å². The Balaban J connectivity index is 1.87. The van der Waals surface area contributed by atoms with Crippen molar-refractivity contribution in [2.75, 3.05) is 11.9 Å². The summed E-state index contributed by atoms with van der Waals surface area (Å²) in [6, 6.07) is 0.319. The molecule has 1 aromatic rings. The Morgan fingerprint density at radius 2 is 1.95 bits per heavy atom. The normalized spacial score (nSPS) is 16.1. The van der Waals surface area contributed by atoms with Crippen LogP contribution in [0.4, 0.5) is 5.95 Å². The summed E-state index contributed by atoms with van der Waals surface area (Å²) in [6.07, 6.45) is 10.1. The van der Waals surface area contributed by atoms with Gasteiger partial charge in [-0.25, -0.2) is 9.97 Å². The lowest BCUT2D eigenvalue weighted by molar-refractivity contribution is 0.0927. The van der Waals surface area contributed by atoms with E-state index in [1.807, 2.05) is 0 Å². The number of carbonyl (C=O) groups excluding carboxylic acids is 1. The molecule has 19 heavy (non-hydrogen) atoms. The number of hydrogen-bond donors (Lipinski definition) is 2. The molecule has 2 N–H and O–H groups in total. The second kappa shape index (κ2) is 7.07. The van der Waals surface area contributed by atoms with Crippen LogP contribution in [0.1, 0.15) is 55.8 Å². The molecule has 1 fully saturated rings. The molecule has 5 heteroatoms.